The Hall–Kier alpha value is -1.95. The predicted octanol–water partition coefficient (Wildman–Crippen LogP) is 5.07. The second-order valence-corrected chi connectivity index (χ2v) is 6.54. The SMILES string of the molecule is Fc1cc(F)cc(CNC(Cc2cc(Cl)cc(Cl)c2)c2ncc[nH]2)c1. The smallest absolute Gasteiger partial charge is 0.126 e. The Morgan fingerprint density at radius 1 is 0.960 bits per heavy atom. The topological polar surface area (TPSA) is 40.7 Å². The van der Waals surface area contributed by atoms with Crippen molar-refractivity contribution in [3.05, 3.63) is 87.4 Å². The van der Waals surface area contributed by atoms with E-state index in [0.29, 0.717) is 27.9 Å². The summed E-state index contributed by atoms with van der Waals surface area (Å²) in [6, 6.07) is 8.56. The summed E-state index contributed by atoms with van der Waals surface area (Å²) in [6.45, 7) is 0.286. The van der Waals surface area contributed by atoms with Crippen LogP contribution in [0.5, 0.6) is 0 Å². The van der Waals surface area contributed by atoms with E-state index in [1.165, 1.54) is 12.1 Å². The summed E-state index contributed by atoms with van der Waals surface area (Å²) in [7, 11) is 0. The number of nitrogens with one attached hydrogen (secondary N) is 2. The van der Waals surface area contributed by atoms with E-state index in [9.17, 15) is 8.78 Å². The van der Waals surface area contributed by atoms with Crippen LogP contribution in [0.3, 0.4) is 0 Å². The van der Waals surface area contributed by atoms with Crippen molar-refractivity contribution in [2.24, 2.45) is 0 Å². The van der Waals surface area contributed by atoms with Crippen molar-refractivity contribution < 1.29 is 8.78 Å². The molecule has 1 heterocycles. The molecule has 0 bridgehead atoms. The number of hydrogen-bond acceptors (Lipinski definition) is 2. The van der Waals surface area contributed by atoms with Gasteiger partial charge in [-0.05, 0) is 47.9 Å². The summed E-state index contributed by atoms with van der Waals surface area (Å²) in [5.74, 6) is -0.492. The normalized spacial score (nSPS) is 12.3. The molecule has 0 spiro atoms. The van der Waals surface area contributed by atoms with Crippen LogP contribution in [0.2, 0.25) is 10.0 Å². The minimum atomic E-state index is -0.604. The molecule has 2 N–H and O–H groups in total. The number of H-pyrrole nitrogens is 1. The summed E-state index contributed by atoms with van der Waals surface area (Å²) in [5.41, 5.74) is 1.44. The molecule has 1 unspecified atom stereocenters. The molecule has 0 aliphatic rings. The van der Waals surface area contributed by atoms with Crippen LogP contribution in [0.1, 0.15) is 23.0 Å². The van der Waals surface area contributed by atoms with Crippen LogP contribution in [0, 0.1) is 11.6 Å². The highest BCUT2D eigenvalue weighted by molar-refractivity contribution is 6.34. The maximum absolute atomic E-state index is 13.3. The maximum atomic E-state index is 13.3. The van der Waals surface area contributed by atoms with Crippen molar-refractivity contribution in [1.82, 2.24) is 15.3 Å². The molecule has 3 rings (SSSR count). The number of aromatic amines is 1. The Labute approximate surface area is 154 Å². The van der Waals surface area contributed by atoms with Gasteiger partial charge < -0.3 is 10.3 Å². The van der Waals surface area contributed by atoms with Gasteiger partial charge in [-0.1, -0.05) is 23.2 Å². The fourth-order valence-electron chi connectivity index (χ4n) is 2.65. The van der Waals surface area contributed by atoms with E-state index in [0.717, 1.165) is 11.6 Å². The molecular formula is C18H15Cl2F2N3. The molecule has 0 amide bonds. The van der Waals surface area contributed by atoms with Crippen molar-refractivity contribution in [2.75, 3.05) is 0 Å². The number of aromatic nitrogens is 2. The molecular weight excluding hydrogens is 367 g/mol. The molecule has 0 radical (unpaired) electrons. The zero-order chi connectivity index (χ0) is 17.8. The molecule has 25 heavy (non-hydrogen) atoms. The Morgan fingerprint density at radius 3 is 2.24 bits per heavy atom. The Balaban J connectivity index is 1.78. The molecule has 0 saturated carbocycles. The van der Waals surface area contributed by atoms with Gasteiger partial charge in [-0.15, -0.1) is 0 Å². The summed E-state index contributed by atoms with van der Waals surface area (Å²) in [6.07, 6.45) is 3.93. The van der Waals surface area contributed by atoms with Crippen LogP contribution in [-0.4, -0.2) is 9.97 Å². The van der Waals surface area contributed by atoms with E-state index in [1.54, 1.807) is 18.5 Å². The summed E-state index contributed by atoms with van der Waals surface area (Å²) >= 11 is 12.1. The first kappa shape index (κ1) is 17.9. The largest absolute Gasteiger partial charge is 0.347 e. The van der Waals surface area contributed by atoms with Gasteiger partial charge in [0, 0.05) is 35.1 Å². The first-order valence-electron chi connectivity index (χ1n) is 7.62. The molecule has 0 fully saturated rings. The average molecular weight is 382 g/mol. The van der Waals surface area contributed by atoms with Crippen molar-refractivity contribution in [2.45, 2.75) is 19.0 Å². The van der Waals surface area contributed by atoms with E-state index >= 15 is 0 Å². The molecule has 0 aliphatic heterocycles. The average Bonchev–Trinajstić information content (AvgIpc) is 3.03. The minimum Gasteiger partial charge on any atom is -0.347 e. The first-order chi connectivity index (χ1) is 12.0. The second-order valence-electron chi connectivity index (χ2n) is 5.67. The fourth-order valence-corrected chi connectivity index (χ4v) is 3.22. The third kappa shape index (κ3) is 5.01. The lowest BCUT2D eigenvalue weighted by molar-refractivity contribution is 0.504. The van der Waals surface area contributed by atoms with E-state index in [-0.39, 0.29) is 12.6 Å². The van der Waals surface area contributed by atoms with Gasteiger partial charge in [0.2, 0.25) is 0 Å². The van der Waals surface area contributed by atoms with Crippen molar-refractivity contribution in [3.8, 4) is 0 Å². The van der Waals surface area contributed by atoms with Crippen LogP contribution in [0.25, 0.3) is 0 Å². The lowest BCUT2D eigenvalue weighted by Crippen LogP contribution is -2.24. The zero-order valence-corrected chi connectivity index (χ0v) is 14.6. The number of rotatable bonds is 6. The van der Waals surface area contributed by atoms with Crippen molar-refractivity contribution >= 4 is 23.2 Å². The first-order valence-corrected chi connectivity index (χ1v) is 8.38. The lowest BCUT2D eigenvalue weighted by Gasteiger charge is -2.17. The van der Waals surface area contributed by atoms with Crippen LogP contribution < -0.4 is 5.32 Å². The summed E-state index contributed by atoms with van der Waals surface area (Å²) in [5, 5.41) is 4.36. The number of halogens is 4. The van der Waals surface area contributed by atoms with Crippen LogP contribution in [0.15, 0.2) is 48.8 Å². The van der Waals surface area contributed by atoms with Crippen LogP contribution in [0.4, 0.5) is 8.78 Å². The molecule has 2 aromatic carbocycles. The van der Waals surface area contributed by atoms with Crippen LogP contribution >= 0.6 is 23.2 Å². The summed E-state index contributed by atoms with van der Waals surface area (Å²) < 4.78 is 26.7. The molecule has 3 nitrogen and oxygen atoms in total. The summed E-state index contributed by atoms with van der Waals surface area (Å²) in [4.78, 5) is 7.33. The molecule has 130 valence electrons. The quantitative estimate of drug-likeness (QED) is 0.625. The van der Waals surface area contributed by atoms with Crippen LogP contribution in [-0.2, 0) is 13.0 Å². The zero-order valence-electron chi connectivity index (χ0n) is 13.1. The maximum Gasteiger partial charge on any atom is 0.126 e. The van der Waals surface area contributed by atoms with E-state index in [4.69, 9.17) is 23.2 Å². The monoisotopic (exact) mass is 381 g/mol. The highest BCUT2D eigenvalue weighted by Crippen LogP contribution is 2.23. The molecule has 1 atom stereocenters. The third-order valence-electron chi connectivity index (χ3n) is 3.69. The standard InChI is InChI=1S/C18H15Cl2F2N3/c19-13-3-11(4-14(20)8-13)7-17(18-23-1-2-24-18)25-10-12-5-15(21)9-16(22)6-12/h1-6,8-9,17,25H,7,10H2,(H,23,24). The van der Waals surface area contributed by atoms with Gasteiger partial charge in [-0.3, -0.25) is 0 Å². The van der Waals surface area contributed by atoms with Gasteiger partial charge >= 0.3 is 0 Å². The highest BCUT2D eigenvalue weighted by Gasteiger charge is 2.15. The number of benzene rings is 2. The van der Waals surface area contributed by atoms with Crippen molar-refractivity contribution in [3.63, 3.8) is 0 Å². The minimum absolute atomic E-state index is 0.198. The van der Waals surface area contributed by atoms with Gasteiger partial charge in [0.15, 0.2) is 0 Å². The van der Waals surface area contributed by atoms with E-state index < -0.39 is 11.6 Å². The van der Waals surface area contributed by atoms with Gasteiger partial charge in [-0.25, -0.2) is 13.8 Å². The molecule has 0 saturated heterocycles. The number of imidazole rings is 1. The number of nitrogens with zero attached hydrogens (tertiary/aromatic N) is 1. The number of hydrogen-bond donors (Lipinski definition) is 2. The van der Waals surface area contributed by atoms with E-state index in [1.807, 2.05) is 12.1 Å². The Bertz CT molecular complexity index is 813. The van der Waals surface area contributed by atoms with Gasteiger partial charge in [0.25, 0.3) is 0 Å². The highest BCUT2D eigenvalue weighted by atomic mass is 35.5. The molecule has 3 aromatic rings. The molecule has 7 heteroatoms. The molecule has 1 aromatic heterocycles. The van der Waals surface area contributed by atoms with Gasteiger partial charge in [-0.2, -0.15) is 0 Å². The second kappa shape index (κ2) is 7.95. The lowest BCUT2D eigenvalue weighted by atomic mass is 10.0. The Kier molecular flexibility index (Phi) is 5.68. The van der Waals surface area contributed by atoms with Gasteiger partial charge in [0.1, 0.15) is 17.5 Å². The van der Waals surface area contributed by atoms with E-state index in [2.05, 4.69) is 15.3 Å². The van der Waals surface area contributed by atoms with Gasteiger partial charge in [0.05, 0.1) is 6.04 Å². The van der Waals surface area contributed by atoms with Crippen molar-refractivity contribution in [1.29, 1.82) is 0 Å². The predicted molar refractivity (Wildman–Crippen MR) is 94.7 cm³/mol. The third-order valence-corrected chi connectivity index (χ3v) is 4.12. The fraction of sp³-hybridized carbons (Fsp3) is 0.167. The Morgan fingerprint density at radius 2 is 1.64 bits per heavy atom. The molecule has 0 aliphatic carbocycles.